The summed E-state index contributed by atoms with van der Waals surface area (Å²) in [6.45, 7) is 2.11. The minimum absolute atomic E-state index is 0.0914. The van der Waals surface area contributed by atoms with E-state index >= 15 is 0 Å². The number of carbonyl (C=O) groups is 1. The molecule has 1 aliphatic rings. The average Bonchev–Trinajstić information content (AvgIpc) is 2.48. The second-order valence-corrected chi connectivity index (χ2v) is 5.57. The Labute approximate surface area is 121 Å². The monoisotopic (exact) mass is 275 g/mol. The molecule has 1 aromatic rings. The molecule has 0 bridgehead atoms. The number of hydrogen-bond acceptors (Lipinski definition) is 2. The zero-order chi connectivity index (χ0) is 14.4. The van der Waals surface area contributed by atoms with E-state index in [-0.39, 0.29) is 6.03 Å². The van der Waals surface area contributed by atoms with Gasteiger partial charge in [0.25, 0.3) is 0 Å². The quantitative estimate of drug-likeness (QED) is 0.788. The van der Waals surface area contributed by atoms with E-state index in [0.717, 1.165) is 18.5 Å². The highest BCUT2D eigenvalue weighted by molar-refractivity contribution is 5.89. The fraction of sp³-hybridized carbons (Fsp3) is 0.562. The number of anilines is 1. The van der Waals surface area contributed by atoms with E-state index < -0.39 is 0 Å². The summed E-state index contributed by atoms with van der Waals surface area (Å²) in [4.78, 5) is 11.9. The predicted octanol–water partition coefficient (Wildman–Crippen LogP) is 3.42. The molecular weight excluding hydrogens is 250 g/mol. The summed E-state index contributed by atoms with van der Waals surface area (Å²) in [7, 11) is 1.94. The molecule has 3 N–H and O–H groups in total. The number of nitrogens with one attached hydrogen (secondary N) is 3. The van der Waals surface area contributed by atoms with Crippen LogP contribution in [-0.4, -0.2) is 19.1 Å². The van der Waals surface area contributed by atoms with Gasteiger partial charge in [-0.05, 0) is 44.5 Å². The lowest BCUT2D eigenvalue weighted by atomic mass is 9.96. The molecule has 1 aliphatic carbocycles. The van der Waals surface area contributed by atoms with Gasteiger partial charge in [-0.15, -0.1) is 0 Å². The van der Waals surface area contributed by atoms with Crippen LogP contribution in [0.1, 0.15) is 50.6 Å². The molecule has 2 amide bonds. The normalized spacial score (nSPS) is 17.5. The molecule has 0 radical (unpaired) electrons. The molecule has 1 fully saturated rings. The summed E-state index contributed by atoms with van der Waals surface area (Å²) in [5, 5.41) is 9.15. The second kappa shape index (κ2) is 7.29. The maximum atomic E-state index is 11.9. The number of amides is 2. The van der Waals surface area contributed by atoms with Gasteiger partial charge in [-0.2, -0.15) is 0 Å². The van der Waals surface area contributed by atoms with Crippen LogP contribution in [0.4, 0.5) is 10.5 Å². The largest absolute Gasteiger partial charge is 0.335 e. The second-order valence-electron chi connectivity index (χ2n) is 5.57. The Morgan fingerprint density at radius 3 is 2.40 bits per heavy atom. The molecule has 110 valence electrons. The first kappa shape index (κ1) is 14.9. The van der Waals surface area contributed by atoms with Crippen molar-refractivity contribution in [3.05, 3.63) is 29.8 Å². The highest BCUT2D eigenvalue weighted by Gasteiger charge is 2.15. The molecule has 0 heterocycles. The first-order valence-corrected chi connectivity index (χ1v) is 7.54. The standard InChI is InChI=1S/C16H25N3O/c1-12(17-2)13-8-10-15(11-9-13)19-16(20)18-14-6-4-3-5-7-14/h8-12,14,17H,3-7H2,1-2H3,(H2,18,19,20). The fourth-order valence-corrected chi connectivity index (χ4v) is 2.62. The van der Waals surface area contributed by atoms with E-state index in [0.29, 0.717) is 12.1 Å². The van der Waals surface area contributed by atoms with E-state index in [9.17, 15) is 4.79 Å². The smallest absolute Gasteiger partial charge is 0.319 e. The third kappa shape index (κ3) is 4.23. The van der Waals surface area contributed by atoms with Gasteiger partial charge in [-0.1, -0.05) is 31.4 Å². The minimum Gasteiger partial charge on any atom is -0.335 e. The summed E-state index contributed by atoms with van der Waals surface area (Å²) in [6.07, 6.45) is 5.95. The van der Waals surface area contributed by atoms with Crippen molar-refractivity contribution < 1.29 is 4.79 Å². The van der Waals surface area contributed by atoms with Gasteiger partial charge in [-0.3, -0.25) is 0 Å². The lowest BCUT2D eigenvalue weighted by Gasteiger charge is -2.22. The third-order valence-electron chi connectivity index (χ3n) is 4.04. The van der Waals surface area contributed by atoms with E-state index in [4.69, 9.17) is 0 Å². The molecular formula is C16H25N3O. The summed E-state index contributed by atoms with van der Waals surface area (Å²) in [6, 6.07) is 8.54. The van der Waals surface area contributed by atoms with Crippen LogP contribution >= 0.6 is 0 Å². The molecule has 1 atom stereocenters. The molecule has 2 rings (SSSR count). The van der Waals surface area contributed by atoms with Crippen molar-refractivity contribution >= 4 is 11.7 Å². The zero-order valence-corrected chi connectivity index (χ0v) is 12.4. The molecule has 20 heavy (non-hydrogen) atoms. The van der Waals surface area contributed by atoms with E-state index in [1.54, 1.807) is 0 Å². The van der Waals surface area contributed by atoms with Crippen LogP contribution in [0.3, 0.4) is 0 Å². The maximum Gasteiger partial charge on any atom is 0.319 e. The SMILES string of the molecule is CNC(C)c1ccc(NC(=O)NC2CCCCC2)cc1. The molecule has 0 spiro atoms. The summed E-state index contributed by atoms with van der Waals surface area (Å²) in [5.74, 6) is 0. The number of benzene rings is 1. The van der Waals surface area contributed by atoms with Crippen molar-refractivity contribution in [2.45, 2.75) is 51.1 Å². The van der Waals surface area contributed by atoms with Crippen LogP contribution in [0.2, 0.25) is 0 Å². The molecule has 1 saturated carbocycles. The van der Waals surface area contributed by atoms with Crippen LogP contribution < -0.4 is 16.0 Å². The van der Waals surface area contributed by atoms with Crippen molar-refractivity contribution in [1.82, 2.24) is 10.6 Å². The Kier molecular flexibility index (Phi) is 5.41. The van der Waals surface area contributed by atoms with Crippen LogP contribution in [-0.2, 0) is 0 Å². The number of rotatable bonds is 4. The predicted molar refractivity (Wildman–Crippen MR) is 82.9 cm³/mol. The van der Waals surface area contributed by atoms with Crippen molar-refractivity contribution in [1.29, 1.82) is 0 Å². The first-order valence-electron chi connectivity index (χ1n) is 7.54. The first-order chi connectivity index (χ1) is 9.69. The van der Waals surface area contributed by atoms with E-state index in [1.807, 2.05) is 31.3 Å². The molecule has 4 heteroatoms. The van der Waals surface area contributed by atoms with Crippen LogP contribution in [0.5, 0.6) is 0 Å². The Bertz CT molecular complexity index is 424. The zero-order valence-electron chi connectivity index (χ0n) is 12.4. The van der Waals surface area contributed by atoms with E-state index in [2.05, 4.69) is 22.9 Å². The van der Waals surface area contributed by atoms with Gasteiger partial charge in [0.1, 0.15) is 0 Å². The van der Waals surface area contributed by atoms with Gasteiger partial charge >= 0.3 is 6.03 Å². The van der Waals surface area contributed by atoms with Gasteiger partial charge in [0.05, 0.1) is 0 Å². The summed E-state index contributed by atoms with van der Waals surface area (Å²) in [5.41, 5.74) is 2.05. The van der Waals surface area contributed by atoms with Crippen molar-refractivity contribution in [3.63, 3.8) is 0 Å². The van der Waals surface area contributed by atoms with Crippen molar-refractivity contribution in [2.75, 3.05) is 12.4 Å². The Hall–Kier alpha value is -1.55. The highest BCUT2D eigenvalue weighted by atomic mass is 16.2. The third-order valence-corrected chi connectivity index (χ3v) is 4.04. The maximum absolute atomic E-state index is 11.9. The highest BCUT2D eigenvalue weighted by Crippen LogP contribution is 2.18. The molecule has 1 aromatic carbocycles. The van der Waals surface area contributed by atoms with Crippen molar-refractivity contribution in [2.24, 2.45) is 0 Å². The summed E-state index contributed by atoms with van der Waals surface area (Å²) < 4.78 is 0. The molecule has 0 saturated heterocycles. The Balaban J connectivity index is 1.84. The lowest BCUT2D eigenvalue weighted by molar-refractivity contribution is 0.244. The topological polar surface area (TPSA) is 53.2 Å². The van der Waals surface area contributed by atoms with Gasteiger partial charge in [-0.25, -0.2) is 4.79 Å². The average molecular weight is 275 g/mol. The van der Waals surface area contributed by atoms with Gasteiger partial charge in [0, 0.05) is 17.8 Å². The Morgan fingerprint density at radius 2 is 1.80 bits per heavy atom. The lowest BCUT2D eigenvalue weighted by Crippen LogP contribution is -2.39. The number of hydrogen-bond donors (Lipinski definition) is 3. The van der Waals surface area contributed by atoms with Gasteiger partial charge in [0.15, 0.2) is 0 Å². The number of urea groups is 1. The fourth-order valence-electron chi connectivity index (χ4n) is 2.62. The summed E-state index contributed by atoms with van der Waals surface area (Å²) >= 11 is 0. The van der Waals surface area contributed by atoms with Crippen molar-refractivity contribution in [3.8, 4) is 0 Å². The number of carbonyl (C=O) groups excluding carboxylic acids is 1. The molecule has 1 unspecified atom stereocenters. The molecule has 0 aromatic heterocycles. The van der Waals surface area contributed by atoms with Crippen LogP contribution in [0.15, 0.2) is 24.3 Å². The van der Waals surface area contributed by atoms with Crippen LogP contribution in [0.25, 0.3) is 0 Å². The van der Waals surface area contributed by atoms with Gasteiger partial charge < -0.3 is 16.0 Å². The van der Waals surface area contributed by atoms with Crippen LogP contribution in [0, 0.1) is 0 Å². The van der Waals surface area contributed by atoms with Gasteiger partial charge in [0.2, 0.25) is 0 Å². The molecule has 0 aliphatic heterocycles. The minimum atomic E-state index is -0.0914. The molecule has 4 nitrogen and oxygen atoms in total. The Morgan fingerprint density at radius 1 is 1.15 bits per heavy atom. The van der Waals surface area contributed by atoms with E-state index in [1.165, 1.54) is 24.8 Å².